The summed E-state index contributed by atoms with van der Waals surface area (Å²) in [6.45, 7) is 7.02. The molecule has 9 nitrogen and oxygen atoms in total. The lowest BCUT2D eigenvalue weighted by molar-refractivity contribution is 0.208. The van der Waals surface area contributed by atoms with E-state index in [1.54, 1.807) is 12.4 Å². The molecule has 3 N–H and O–H groups in total. The van der Waals surface area contributed by atoms with Crippen LogP contribution >= 0.6 is 0 Å². The van der Waals surface area contributed by atoms with Crippen molar-refractivity contribution in [2.75, 3.05) is 61.5 Å². The van der Waals surface area contributed by atoms with Crippen LogP contribution in [-0.4, -0.2) is 71.4 Å². The molecule has 9 heteroatoms. The molecule has 3 aromatic rings. The number of hydrogen-bond donors (Lipinski definition) is 2. The minimum atomic E-state index is -0.273. The molecule has 0 amide bonds. The maximum Gasteiger partial charge on any atom is 0.273 e. The monoisotopic (exact) mass is 500 g/mol. The van der Waals surface area contributed by atoms with Crippen molar-refractivity contribution in [1.82, 2.24) is 24.9 Å². The summed E-state index contributed by atoms with van der Waals surface area (Å²) in [7, 11) is 0. The van der Waals surface area contributed by atoms with E-state index in [0.717, 1.165) is 42.5 Å². The summed E-state index contributed by atoms with van der Waals surface area (Å²) in [5.74, 6) is 6.64. The zero-order valence-electron chi connectivity index (χ0n) is 21.3. The van der Waals surface area contributed by atoms with Crippen LogP contribution in [0, 0.1) is 0 Å². The molecule has 0 aliphatic carbocycles. The predicted octanol–water partition coefficient (Wildman–Crippen LogP) is 2.23. The molecule has 194 valence electrons. The highest BCUT2D eigenvalue weighted by Gasteiger charge is 2.27. The second-order valence-electron chi connectivity index (χ2n) is 10.4. The highest BCUT2D eigenvalue weighted by atomic mass is 16.1. The Hall–Kier alpha value is -3.43. The molecule has 0 radical (unpaired) electrons. The average molecular weight is 501 g/mol. The number of benzene rings is 1. The summed E-state index contributed by atoms with van der Waals surface area (Å²) in [6, 6.07) is 15.1. The molecule has 3 aliphatic heterocycles. The Labute approximate surface area is 217 Å². The third kappa shape index (κ3) is 5.06. The number of likely N-dealkylation sites (tertiary alicyclic amines) is 1. The average Bonchev–Trinajstić information content (AvgIpc) is 3.50. The zero-order chi connectivity index (χ0) is 25.2. The maximum atomic E-state index is 12.6. The van der Waals surface area contributed by atoms with Crippen LogP contribution < -0.4 is 26.5 Å². The molecular weight excluding hydrogens is 464 g/mol. The molecule has 3 fully saturated rings. The van der Waals surface area contributed by atoms with Gasteiger partial charge >= 0.3 is 0 Å². The number of rotatable bonds is 5. The van der Waals surface area contributed by atoms with Gasteiger partial charge in [-0.25, -0.2) is 4.98 Å². The molecule has 1 aromatic carbocycles. The van der Waals surface area contributed by atoms with Gasteiger partial charge in [-0.1, -0.05) is 12.1 Å². The largest absolute Gasteiger partial charge is 0.371 e. The molecule has 0 spiro atoms. The normalized spacial score (nSPS) is 21.5. The first kappa shape index (κ1) is 23.9. The van der Waals surface area contributed by atoms with Crippen molar-refractivity contribution in [2.24, 2.45) is 0 Å². The second kappa shape index (κ2) is 10.5. The Kier molecular flexibility index (Phi) is 6.80. The van der Waals surface area contributed by atoms with Crippen molar-refractivity contribution in [3.05, 3.63) is 70.8 Å². The van der Waals surface area contributed by atoms with Gasteiger partial charge in [0, 0.05) is 74.5 Å². The summed E-state index contributed by atoms with van der Waals surface area (Å²) < 4.78 is 1.15. The minimum Gasteiger partial charge on any atom is -0.371 e. The summed E-state index contributed by atoms with van der Waals surface area (Å²) in [4.78, 5) is 28.8. The van der Waals surface area contributed by atoms with E-state index in [4.69, 9.17) is 10.8 Å². The van der Waals surface area contributed by atoms with Gasteiger partial charge in [0.25, 0.3) is 5.56 Å². The Morgan fingerprint density at radius 2 is 1.62 bits per heavy atom. The fraction of sp³-hybridized carbons (Fsp3) is 0.464. The van der Waals surface area contributed by atoms with E-state index in [9.17, 15) is 4.79 Å². The number of aromatic nitrogens is 3. The molecule has 5 heterocycles. The van der Waals surface area contributed by atoms with Crippen molar-refractivity contribution < 1.29 is 0 Å². The third-order valence-corrected chi connectivity index (χ3v) is 8.15. The Balaban J connectivity index is 1.14. The lowest BCUT2D eigenvalue weighted by atomic mass is 10.0. The van der Waals surface area contributed by atoms with Crippen LogP contribution in [0.15, 0.2) is 59.7 Å². The molecule has 0 unspecified atom stereocenters. The first-order valence-electron chi connectivity index (χ1n) is 13.5. The molecule has 2 aromatic heterocycles. The highest BCUT2D eigenvalue weighted by molar-refractivity contribution is 5.59. The van der Waals surface area contributed by atoms with E-state index < -0.39 is 0 Å². The number of piperidine rings is 1. The van der Waals surface area contributed by atoms with E-state index >= 15 is 0 Å². The fourth-order valence-corrected chi connectivity index (χ4v) is 6.04. The predicted molar refractivity (Wildman–Crippen MR) is 147 cm³/mol. The Bertz CT molecular complexity index is 1250. The topological polar surface area (TPSA) is 95.6 Å². The number of nitrogen functional groups attached to an aromatic ring is 1. The number of nitrogens with two attached hydrogens (primary N) is 1. The molecule has 0 saturated carbocycles. The van der Waals surface area contributed by atoms with Gasteiger partial charge in [-0.3, -0.25) is 9.78 Å². The van der Waals surface area contributed by atoms with Crippen LogP contribution in [0.25, 0.3) is 11.3 Å². The summed E-state index contributed by atoms with van der Waals surface area (Å²) in [6.07, 6.45) is 8.64. The molecule has 37 heavy (non-hydrogen) atoms. The van der Waals surface area contributed by atoms with Gasteiger partial charge < -0.3 is 25.9 Å². The van der Waals surface area contributed by atoms with Gasteiger partial charge in [0.15, 0.2) is 0 Å². The van der Waals surface area contributed by atoms with Crippen molar-refractivity contribution >= 4 is 11.6 Å². The van der Waals surface area contributed by atoms with Gasteiger partial charge in [0.1, 0.15) is 0 Å². The van der Waals surface area contributed by atoms with Crippen molar-refractivity contribution in [2.45, 2.75) is 37.8 Å². The van der Waals surface area contributed by atoms with Crippen LogP contribution in [0.5, 0.6) is 0 Å². The number of anilines is 2. The Morgan fingerprint density at radius 1 is 0.892 bits per heavy atom. The van der Waals surface area contributed by atoms with Crippen molar-refractivity contribution in [1.29, 1.82) is 0 Å². The Morgan fingerprint density at radius 3 is 2.35 bits per heavy atom. The van der Waals surface area contributed by atoms with E-state index in [1.165, 1.54) is 56.1 Å². The molecule has 1 atom stereocenters. The summed E-state index contributed by atoms with van der Waals surface area (Å²) >= 11 is 0. The number of nitrogens with zero attached hydrogens (tertiary/aromatic N) is 6. The number of nitrogens with one attached hydrogen (secondary N) is 1. The van der Waals surface area contributed by atoms with E-state index in [0.29, 0.717) is 18.2 Å². The number of pyridine rings is 1. The van der Waals surface area contributed by atoms with E-state index in [2.05, 4.69) is 49.3 Å². The molecule has 3 aliphatic rings. The lowest BCUT2D eigenvalue weighted by Gasteiger charge is -2.38. The molecule has 6 rings (SSSR count). The summed E-state index contributed by atoms with van der Waals surface area (Å²) in [5.41, 5.74) is 3.72. The fourth-order valence-electron chi connectivity index (χ4n) is 6.04. The maximum absolute atomic E-state index is 12.6. The van der Waals surface area contributed by atoms with Crippen molar-refractivity contribution in [3.63, 3.8) is 0 Å². The highest BCUT2D eigenvalue weighted by Crippen LogP contribution is 2.28. The van der Waals surface area contributed by atoms with Crippen LogP contribution in [0.1, 0.15) is 37.3 Å². The van der Waals surface area contributed by atoms with Gasteiger partial charge in [0.2, 0.25) is 5.95 Å². The zero-order valence-corrected chi connectivity index (χ0v) is 21.3. The standard InChI is InChI=1S/C28H36N8O/c29-36-27(37)19-25(22-7-11-30-12-8-22)32-28(36)35-18-13-31-26(20-35)21-3-5-23(6-4-21)34-16-9-24(10-17-34)33-14-1-2-15-33/h3-8,11-12,19,24,26,31H,1-2,9-10,13-18,20,29H2/t26-/m1/s1. The first-order valence-corrected chi connectivity index (χ1v) is 13.5. The van der Waals surface area contributed by atoms with E-state index in [1.807, 2.05) is 12.1 Å². The van der Waals surface area contributed by atoms with Crippen molar-refractivity contribution in [3.8, 4) is 11.3 Å². The van der Waals surface area contributed by atoms with Gasteiger partial charge in [-0.05, 0) is 68.6 Å². The second-order valence-corrected chi connectivity index (χ2v) is 10.4. The van der Waals surface area contributed by atoms with Crippen LogP contribution in [0.2, 0.25) is 0 Å². The van der Waals surface area contributed by atoms with E-state index in [-0.39, 0.29) is 11.6 Å². The van der Waals surface area contributed by atoms with Gasteiger partial charge in [-0.2, -0.15) is 4.68 Å². The molecule has 3 saturated heterocycles. The van der Waals surface area contributed by atoms with Crippen LogP contribution in [0.4, 0.5) is 11.6 Å². The quantitative estimate of drug-likeness (QED) is 0.515. The molecule has 0 bridgehead atoms. The van der Waals surface area contributed by atoms with Crippen LogP contribution in [0.3, 0.4) is 0 Å². The first-order chi connectivity index (χ1) is 18.2. The van der Waals surface area contributed by atoms with Crippen LogP contribution in [-0.2, 0) is 0 Å². The number of piperazine rings is 1. The SMILES string of the molecule is Nn1c(N2CCN[C@@H](c3ccc(N4CCC(N5CCCC5)CC4)cc3)C2)nc(-c2ccncc2)cc1=O. The minimum absolute atomic E-state index is 0.130. The number of hydrogen-bond acceptors (Lipinski definition) is 8. The summed E-state index contributed by atoms with van der Waals surface area (Å²) in [5, 5.41) is 3.63. The van der Waals surface area contributed by atoms with Gasteiger partial charge in [0.05, 0.1) is 5.69 Å². The molecular formula is C28H36N8O. The smallest absolute Gasteiger partial charge is 0.273 e. The van der Waals surface area contributed by atoms with Gasteiger partial charge in [-0.15, -0.1) is 0 Å². The third-order valence-electron chi connectivity index (χ3n) is 8.15. The lowest BCUT2D eigenvalue weighted by Crippen LogP contribution is -2.48.